The number of rotatable bonds is 4. The Morgan fingerprint density at radius 2 is 2.14 bits per heavy atom. The first-order chi connectivity index (χ1) is 10.2. The molecule has 0 aromatic heterocycles. The molecule has 110 valence electrons. The molecule has 0 radical (unpaired) electrons. The van der Waals surface area contributed by atoms with Crippen molar-refractivity contribution in [2.45, 2.75) is 6.54 Å². The number of benzene rings is 2. The van der Waals surface area contributed by atoms with E-state index in [9.17, 15) is 0 Å². The fourth-order valence-corrected chi connectivity index (χ4v) is 2.93. The molecule has 1 aliphatic rings. The molecule has 0 aliphatic carbocycles. The first kappa shape index (κ1) is 14.4. The van der Waals surface area contributed by atoms with E-state index in [2.05, 4.69) is 21.2 Å². The summed E-state index contributed by atoms with van der Waals surface area (Å²) in [4.78, 5) is 0. The van der Waals surface area contributed by atoms with Gasteiger partial charge in [-0.1, -0.05) is 11.6 Å². The van der Waals surface area contributed by atoms with Gasteiger partial charge in [-0.3, -0.25) is 0 Å². The van der Waals surface area contributed by atoms with Crippen molar-refractivity contribution in [1.82, 2.24) is 0 Å². The van der Waals surface area contributed by atoms with Gasteiger partial charge in [-0.05, 0) is 51.8 Å². The largest absolute Gasteiger partial charge is 0.496 e. The van der Waals surface area contributed by atoms with Gasteiger partial charge in [-0.15, -0.1) is 0 Å². The van der Waals surface area contributed by atoms with E-state index in [4.69, 9.17) is 25.8 Å². The monoisotopic (exact) mass is 369 g/mol. The van der Waals surface area contributed by atoms with Crippen molar-refractivity contribution in [3.8, 4) is 17.2 Å². The van der Waals surface area contributed by atoms with Crippen molar-refractivity contribution in [3.05, 3.63) is 45.4 Å². The Hall–Kier alpha value is -1.59. The number of ether oxygens (including phenoxy) is 3. The number of hydrogen-bond acceptors (Lipinski definition) is 4. The Morgan fingerprint density at radius 3 is 2.90 bits per heavy atom. The van der Waals surface area contributed by atoms with Gasteiger partial charge >= 0.3 is 0 Å². The molecule has 6 heteroatoms. The lowest BCUT2D eigenvalue weighted by Gasteiger charge is -2.10. The summed E-state index contributed by atoms with van der Waals surface area (Å²) < 4.78 is 16.8. The Bertz CT molecular complexity index is 678. The third-order valence-electron chi connectivity index (χ3n) is 3.14. The summed E-state index contributed by atoms with van der Waals surface area (Å²) in [6.45, 7) is 0.854. The molecule has 0 spiro atoms. The number of nitrogens with one attached hydrogen (secondary N) is 1. The molecule has 0 fully saturated rings. The number of halogens is 2. The van der Waals surface area contributed by atoms with Gasteiger partial charge in [0.1, 0.15) is 5.75 Å². The minimum Gasteiger partial charge on any atom is -0.496 e. The lowest BCUT2D eigenvalue weighted by atomic mass is 10.2. The van der Waals surface area contributed by atoms with Crippen molar-refractivity contribution in [3.63, 3.8) is 0 Å². The second kappa shape index (κ2) is 6.03. The van der Waals surface area contributed by atoms with E-state index in [0.29, 0.717) is 23.1 Å². The van der Waals surface area contributed by atoms with Gasteiger partial charge in [0.2, 0.25) is 6.79 Å². The molecular weight excluding hydrogens is 358 g/mol. The molecule has 0 amide bonds. The minimum absolute atomic E-state index is 0.220. The normalized spacial score (nSPS) is 12.3. The molecule has 21 heavy (non-hydrogen) atoms. The smallest absolute Gasteiger partial charge is 0.231 e. The van der Waals surface area contributed by atoms with Crippen LogP contribution in [0.2, 0.25) is 5.02 Å². The molecule has 1 N–H and O–H groups in total. The first-order valence-corrected chi connectivity index (χ1v) is 7.50. The van der Waals surface area contributed by atoms with E-state index in [-0.39, 0.29) is 6.79 Å². The van der Waals surface area contributed by atoms with Crippen LogP contribution < -0.4 is 19.5 Å². The van der Waals surface area contributed by atoms with Crippen molar-refractivity contribution in [2.24, 2.45) is 0 Å². The van der Waals surface area contributed by atoms with Crippen LogP contribution in [0.3, 0.4) is 0 Å². The summed E-state index contributed by atoms with van der Waals surface area (Å²) in [6, 6.07) is 9.63. The van der Waals surface area contributed by atoms with Gasteiger partial charge in [-0.25, -0.2) is 0 Å². The number of methoxy groups -OCH3 is 1. The van der Waals surface area contributed by atoms with E-state index in [0.717, 1.165) is 21.5 Å². The van der Waals surface area contributed by atoms with E-state index >= 15 is 0 Å². The molecule has 0 unspecified atom stereocenters. The van der Waals surface area contributed by atoms with E-state index in [1.807, 2.05) is 30.3 Å². The lowest BCUT2D eigenvalue weighted by molar-refractivity contribution is 0.174. The van der Waals surface area contributed by atoms with Crippen LogP contribution in [0.5, 0.6) is 17.2 Å². The van der Waals surface area contributed by atoms with Crippen molar-refractivity contribution in [2.75, 3.05) is 19.2 Å². The highest BCUT2D eigenvalue weighted by molar-refractivity contribution is 9.10. The van der Waals surface area contributed by atoms with Crippen LogP contribution in [0.4, 0.5) is 5.69 Å². The van der Waals surface area contributed by atoms with Crippen LogP contribution in [0.1, 0.15) is 5.56 Å². The predicted octanol–water partition coefficient (Wildman–Crippen LogP) is 4.45. The Kier molecular flexibility index (Phi) is 4.12. The van der Waals surface area contributed by atoms with Gasteiger partial charge in [0.25, 0.3) is 0 Å². The summed E-state index contributed by atoms with van der Waals surface area (Å²) in [5, 5.41) is 3.90. The van der Waals surface area contributed by atoms with Gasteiger partial charge < -0.3 is 19.5 Å². The van der Waals surface area contributed by atoms with E-state index in [1.54, 1.807) is 7.11 Å². The highest BCUT2D eigenvalue weighted by Crippen LogP contribution is 2.40. The second-order valence-corrected chi connectivity index (χ2v) is 5.78. The summed E-state index contributed by atoms with van der Waals surface area (Å²) >= 11 is 9.63. The lowest BCUT2D eigenvalue weighted by Crippen LogP contribution is -2.00. The van der Waals surface area contributed by atoms with Crippen LogP contribution in [-0.2, 0) is 6.54 Å². The summed E-state index contributed by atoms with van der Waals surface area (Å²) in [5.41, 5.74) is 2.01. The SMILES string of the molecule is COc1ccc(NCc2cc(Cl)c3c(c2)OCO3)cc1Br. The average Bonchev–Trinajstić information content (AvgIpc) is 2.94. The molecule has 3 rings (SSSR count). The quantitative estimate of drug-likeness (QED) is 0.863. The zero-order valence-corrected chi connectivity index (χ0v) is 13.6. The van der Waals surface area contributed by atoms with Gasteiger partial charge in [0, 0.05) is 12.2 Å². The molecule has 4 nitrogen and oxygen atoms in total. The molecule has 0 saturated heterocycles. The topological polar surface area (TPSA) is 39.7 Å². The predicted molar refractivity (Wildman–Crippen MR) is 85.6 cm³/mol. The van der Waals surface area contributed by atoms with E-state index < -0.39 is 0 Å². The van der Waals surface area contributed by atoms with Gasteiger partial charge in [0.05, 0.1) is 16.6 Å². The summed E-state index contributed by atoms with van der Waals surface area (Å²) in [6.07, 6.45) is 0. The van der Waals surface area contributed by atoms with E-state index in [1.165, 1.54) is 0 Å². The fourth-order valence-electron chi connectivity index (χ4n) is 2.10. The zero-order valence-electron chi connectivity index (χ0n) is 11.3. The standard InChI is InChI=1S/C15H13BrClNO3/c1-19-13-3-2-10(6-11(13)16)18-7-9-4-12(17)15-14(5-9)20-8-21-15/h2-6,18H,7-8H2,1H3. The maximum atomic E-state index is 6.16. The average molecular weight is 371 g/mol. The molecule has 1 aliphatic heterocycles. The number of anilines is 1. The molecular formula is C15H13BrClNO3. The molecule has 0 atom stereocenters. The fraction of sp³-hybridized carbons (Fsp3) is 0.200. The summed E-state index contributed by atoms with van der Waals surface area (Å²) in [5.74, 6) is 2.11. The van der Waals surface area contributed by atoms with Crippen LogP contribution >= 0.6 is 27.5 Å². The van der Waals surface area contributed by atoms with Crippen molar-refractivity contribution >= 4 is 33.2 Å². The van der Waals surface area contributed by atoms with Crippen molar-refractivity contribution < 1.29 is 14.2 Å². The second-order valence-electron chi connectivity index (χ2n) is 4.51. The minimum atomic E-state index is 0.220. The zero-order chi connectivity index (χ0) is 14.8. The van der Waals surface area contributed by atoms with Crippen LogP contribution in [0.15, 0.2) is 34.8 Å². The maximum Gasteiger partial charge on any atom is 0.231 e. The third-order valence-corrected chi connectivity index (χ3v) is 4.04. The maximum absolute atomic E-state index is 6.16. The molecule has 1 heterocycles. The highest BCUT2D eigenvalue weighted by Gasteiger charge is 2.18. The number of fused-ring (bicyclic) bond motifs is 1. The molecule has 0 bridgehead atoms. The Morgan fingerprint density at radius 1 is 1.29 bits per heavy atom. The van der Waals surface area contributed by atoms with Gasteiger partial charge in [0.15, 0.2) is 11.5 Å². The van der Waals surface area contributed by atoms with Crippen LogP contribution in [0.25, 0.3) is 0 Å². The van der Waals surface area contributed by atoms with Crippen LogP contribution in [-0.4, -0.2) is 13.9 Å². The number of hydrogen-bond donors (Lipinski definition) is 1. The third kappa shape index (κ3) is 3.04. The van der Waals surface area contributed by atoms with Crippen molar-refractivity contribution in [1.29, 1.82) is 0 Å². The molecule has 2 aromatic carbocycles. The molecule has 2 aromatic rings. The molecule has 0 saturated carbocycles. The first-order valence-electron chi connectivity index (χ1n) is 6.33. The summed E-state index contributed by atoms with van der Waals surface area (Å²) in [7, 11) is 1.64. The van der Waals surface area contributed by atoms with Crippen LogP contribution in [0, 0.1) is 0 Å². The Labute approximate surface area is 136 Å². The highest BCUT2D eigenvalue weighted by atomic mass is 79.9. The van der Waals surface area contributed by atoms with Gasteiger partial charge in [-0.2, -0.15) is 0 Å². The Balaban J connectivity index is 1.73.